The predicted molar refractivity (Wildman–Crippen MR) is 71.7 cm³/mol. The zero-order valence-electron chi connectivity index (χ0n) is 11.1. The molecule has 2 rings (SSSR count). The van der Waals surface area contributed by atoms with Gasteiger partial charge in [-0.05, 0) is 19.1 Å². The Morgan fingerprint density at radius 2 is 2.20 bits per heavy atom. The minimum atomic E-state index is -3.68. The molecule has 9 heteroatoms. The van der Waals surface area contributed by atoms with Crippen molar-refractivity contribution in [2.45, 2.75) is 18.4 Å². The summed E-state index contributed by atoms with van der Waals surface area (Å²) in [7, 11) is -2.04. The van der Waals surface area contributed by atoms with Crippen LogP contribution in [-0.4, -0.2) is 37.1 Å². The van der Waals surface area contributed by atoms with Gasteiger partial charge in [0.05, 0.1) is 5.69 Å². The molecule has 0 aliphatic carbocycles. The molecule has 0 aliphatic rings. The smallest absolute Gasteiger partial charge is 0.260 e. The summed E-state index contributed by atoms with van der Waals surface area (Å²) in [5.41, 5.74) is 0.439. The fourth-order valence-corrected chi connectivity index (χ4v) is 2.76. The van der Waals surface area contributed by atoms with E-state index >= 15 is 0 Å². The first-order valence-corrected chi connectivity index (χ1v) is 7.43. The van der Waals surface area contributed by atoms with E-state index in [1.807, 2.05) is 0 Å². The number of aryl methyl sites for hydroxylation is 1. The van der Waals surface area contributed by atoms with Crippen molar-refractivity contribution >= 4 is 15.7 Å². The number of hydrogen-bond acceptors (Lipinski definition) is 7. The molecule has 2 aromatic rings. The van der Waals surface area contributed by atoms with Gasteiger partial charge < -0.3 is 9.84 Å². The van der Waals surface area contributed by atoms with E-state index in [0.29, 0.717) is 23.8 Å². The molecule has 2 N–H and O–H groups in total. The lowest BCUT2D eigenvalue weighted by Gasteiger charge is -2.09. The maximum atomic E-state index is 12.1. The van der Waals surface area contributed by atoms with Gasteiger partial charge in [-0.1, -0.05) is 5.16 Å². The van der Waals surface area contributed by atoms with Crippen molar-refractivity contribution in [1.29, 1.82) is 0 Å². The van der Waals surface area contributed by atoms with Crippen LogP contribution in [0.3, 0.4) is 0 Å². The molecule has 0 atom stereocenters. The summed E-state index contributed by atoms with van der Waals surface area (Å²) in [5.74, 6) is 0.908. The van der Waals surface area contributed by atoms with Crippen LogP contribution in [-0.2, 0) is 16.4 Å². The zero-order chi connectivity index (χ0) is 14.6. The molecule has 108 valence electrons. The lowest BCUT2D eigenvalue weighted by Crippen LogP contribution is -2.27. The third-order valence-corrected chi connectivity index (χ3v) is 3.91. The normalized spacial score (nSPS) is 11.5. The summed E-state index contributed by atoms with van der Waals surface area (Å²) < 4.78 is 31.6. The first-order valence-electron chi connectivity index (χ1n) is 5.94. The van der Waals surface area contributed by atoms with Gasteiger partial charge in [0.25, 0.3) is 10.0 Å². The number of hydrogen-bond donors (Lipinski definition) is 2. The number of pyridine rings is 1. The minimum absolute atomic E-state index is 0.0378. The van der Waals surface area contributed by atoms with Gasteiger partial charge in [0.15, 0.2) is 10.9 Å². The van der Waals surface area contributed by atoms with Crippen LogP contribution in [0.25, 0.3) is 0 Å². The second kappa shape index (κ2) is 5.97. The van der Waals surface area contributed by atoms with E-state index < -0.39 is 10.0 Å². The van der Waals surface area contributed by atoms with Crippen LogP contribution >= 0.6 is 0 Å². The second-order valence-electron chi connectivity index (χ2n) is 3.99. The molecule has 0 amide bonds. The van der Waals surface area contributed by atoms with Crippen LogP contribution in [0.2, 0.25) is 0 Å². The Kier molecular flexibility index (Phi) is 4.30. The molecule has 0 aliphatic heterocycles. The highest BCUT2D eigenvalue weighted by molar-refractivity contribution is 7.89. The number of nitrogens with zero attached hydrogens (tertiary/aromatic N) is 3. The lowest BCUT2D eigenvalue weighted by atomic mass is 10.4. The number of rotatable bonds is 6. The van der Waals surface area contributed by atoms with E-state index in [9.17, 15) is 8.42 Å². The highest BCUT2D eigenvalue weighted by Gasteiger charge is 2.19. The molecule has 0 radical (unpaired) electrons. The van der Waals surface area contributed by atoms with Gasteiger partial charge in [0.2, 0.25) is 5.89 Å². The van der Waals surface area contributed by atoms with E-state index in [2.05, 4.69) is 25.2 Å². The van der Waals surface area contributed by atoms with Crippen molar-refractivity contribution in [1.82, 2.24) is 19.8 Å². The Bertz CT molecular complexity index is 683. The van der Waals surface area contributed by atoms with Crippen molar-refractivity contribution in [3.8, 4) is 0 Å². The van der Waals surface area contributed by atoms with Crippen molar-refractivity contribution < 1.29 is 12.9 Å². The number of aromatic nitrogens is 3. The second-order valence-corrected chi connectivity index (χ2v) is 5.67. The summed E-state index contributed by atoms with van der Waals surface area (Å²) in [6, 6.07) is 3.30. The van der Waals surface area contributed by atoms with E-state index in [-0.39, 0.29) is 11.6 Å². The summed E-state index contributed by atoms with van der Waals surface area (Å²) in [6.07, 6.45) is 1.75. The first-order chi connectivity index (χ1) is 9.53. The maximum Gasteiger partial charge on any atom is 0.260 e. The average molecular weight is 297 g/mol. The van der Waals surface area contributed by atoms with E-state index in [1.165, 1.54) is 6.20 Å². The summed E-state index contributed by atoms with van der Waals surface area (Å²) in [5, 5.41) is 6.38. The molecule has 2 aromatic heterocycles. The van der Waals surface area contributed by atoms with Gasteiger partial charge in [0, 0.05) is 26.2 Å². The molecule has 2 heterocycles. The monoisotopic (exact) mass is 297 g/mol. The summed E-state index contributed by atoms with van der Waals surface area (Å²) in [6.45, 7) is 1.86. The maximum absolute atomic E-state index is 12.1. The quantitative estimate of drug-likeness (QED) is 0.790. The molecule has 0 bridgehead atoms. The Balaban J connectivity index is 2.04. The summed E-state index contributed by atoms with van der Waals surface area (Å²) in [4.78, 5) is 7.88. The van der Waals surface area contributed by atoms with Crippen LogP contribution in [0.4, 0.5) is 5.69 Å². The molecule has 0 saturated heterocycles. The molecule has 0 aromatic carbocycles. The van der Waals surface area contributed by atoms with Crippen molar-refractivity contribution in [2.75, 3.05) is 18.9 Å². The number of anilines is 1. The van der Waals surface area contributed by atoms with Gasteiger partial charge in [0.1, 0.15) is 0 Å². The number of sulfonamides is 1. The van der Waals surface area contributed by atoms with Gasteiger partial charge in [-0.15, -0.1) is 0 Å². The van der Waals surface area contributed by atoms with Crippen LogP contribution < -0.4 is 10.0 Å². The Labute approximate surface area is 116 Å². The van der Waals surface area contributed by atoms with Crippen LogP contribution in [0.15, 0.2) is 27.9 Å². The van der Waals surface area contributed by atoms with Crippen molar-refractivity contribution in [3.63, 3.8) is 0 Å². The third kappa shape index (κ3) is 3.31. The number of nitrogens with one attached hydrogen (secondary N) is 2. The first kappa shape index (κ1) is 14.4. The van der Waals surface area contributed by atoms with E-state index in [1.54, 1.807) is 26.1 Å². The van der Waals surface area contributed by atoms with Gasteiger partial charge in [-0.25, -0.2) is 18.1 Å². The lowest BCUT2D eigenvalue weighted by molar-refractivity contribution is 0.375. The molecule has 20 heavy (non-hydrogen) atoms. The highest BCUT2D eigenvalue weighted by Crippen LogP contribution is 2.16. The topological polar surface area (TPSA) is 110 Å². The van der Waals surface area contributed by atoms with Crippen LogP contribution in [0.1, 0.15) is 11.7 Å². The fourth-order valence-electron chi connectivity index (χ4n) is 1.60. The predicted octanol–water partition coefficient (Wildman–Crippen LogP) is 0.336. The van der Waals surface area contributed by atoms with Gasteiger partial charge >= 0.3 is 0 Å². The molecular formula is C11H15N5O3S. The van der Waals surface area contributed by atoms with Crippen LogP contribution in [0.5, 0.6) is 0 Å². The molecule has 0 fully saturated rings. The highest BCUT2D eigenvalue weighted by atomic mass is 32.2. The SMILES string of the molecule is CNc1cccnc1S(=O)(=O)NCCc1nc(C)no1. The fraction of sp³-hybridized carbons (Fsp3) is 0.364. The molecule has 8 nitrogen and oxygen atoms in total. The van der Waals surface area contributed by atoms with Crippen LogP contribution in [0, 0.1) is 6.92 Å². The molecule has 0 saturated carbocycles. The van der Waals surface area contributed by atoms with Crippen molar-refractivity contribution in [2.24, 2.45) is 0 Å². The Hall–Kier alpha value is -2.00. The summed E-state index contributed by atoms with van der Waals surface area (Å²) >= 11 is 0. The molecule has 0 spiro atoms. The Morgan fingerprint density at radius 3 is 2.85 bits per heavy atom. The van der Waals surface area contributed by atoms with Gasteiger partial charge in [-0.3, -0.25) is 0 Å². The third-order valence-electron chi connectivity index (χ3n) is 2.50. The Morgan fingerprint density at radius 1 is 1.40 bits per heavy atom. The zero-order valence-corrected chi connectivity index (χ0v) is 11.9. The van der Waals surface area contributed by atoms with Gasteiger partial charge in [-0.2, -0.15) is 4.98 Å². The largest absolute Gasteiger partial charge is 0.386 e. The van der Waals surface area contributed by atoms with Crippen molar-refractivity contribution in [3.05, 3.63) is 30.0 Å². The average Bonchev–Trinajstić information content (AvgIpc) is 2.84. The minimum Gasteiger partial charge on any atom is -0.386 e. The molecule has 0 unspecified atom stereocenters. The standard InChI is InChI=1S/C11H15N5O3S/c1-8-15-10(19-16-8)5-7-14-20(17,18)11-9(12-2)4-3-6-13-11/h3-4,6,12,14H,5,7H2,1-2H3. The van der Waals surface area contributed by atoms with E-state index in [0.717, 1.165) is 0 Å². The molecular weight excluding hydrogens is 282 g/mol. The van der Waals surface area contributed by atoms with E-state index in [4.69, 9.17) is 4.52 Å².